The molecule has 0 bridgehead atoms. The second kappa shape index (κ2) is 6.52. The molecule has 0 aliphatic carbocycles. The summed E-state index contributed by atoms with van der Waals surface area (Å²) < 4.78 is 10.8. The Morgan fingerprint density at radius 2 is 2.10 bits per heavy atom. The van der Waals surface area contributed by atoms with E-state index in [1.807, 2.05) is 18.2 Å². The molecular weight excluding hydrogens is 254 g/mol. The van der Waals surface area contributed by atoms with Crippen LogP contribution in [0, 0.1) is 0 Å². The summed E-state index contributed by atoms with van der Waals surface area (Å²) in [6.07, 6.45) is 4.44. The molecule has 108 valence electrons. The van der Waals surface area contributed by atoms with Crippen molar-refractivity contribution in [2.24, 2.45) is 0 Å². The van der Waals surface area contributed by atoms with Gasteiger partial charge < -0.3 is 14.5 Å². The minimum absolute atomic E-state index is 0.0545. The van der Waals surface area contributed by atoms with Crippen LogP contribution >= 0.6 is 0 Å². The first-order valence-corrected chi connectivity index (χ1v) is 6.75. The summed E-state index contributed by atoms with van der Waals surface area (Å²) in [5.41, 5.74) is 1.89. The highest BCUT2D eigenvalue weighted by Gasteiger charge is 2.11. The van der Waals surface area contributed by atoms with Gasteiger partial charge in [-0.1, -0.05) is 6.07 Å². The van der Waals surface area contributed by atoms with Crippen molar-refractivity contribution >= 4 is 0 Å². The summed E-state index contributed by atoms with van der Waals surface area (Å²) in [4.78, 5) is 8.50. The van der Waals surface area contributed by atoms with Gasteiger partial charge >= 0.3 is 6.08 Å². The number of pyridine rings is 1. The molecule has 1 N–H and O–H groups in total. The molecule has 2 heterocycles. The normalized spacial score (nSPS) is 11.6. The Hall–Kier alpha value is -1.88. The van der Waals surface area contributed by atoms with Crippen LogP contribution in [-0.4, -0.2) is 22.1 Å². The fraction of sp³-hybridized carbons (Fsp3) is 0.467. The van der Waals surface area contributed by atoms with Crippen molar-refractivity contribution in [3.05, 3.63) is 42.0 Å². The average Bonchev–Trinajstić information content (AvgIpc) is 2.85. The van der Waals surface area contributed by atoms with E-state index in [2.05, 4.69) is 36.1 Å². The third kappa shape index (κ3) is 5.01. The fourth-order valence-electron chi connectivity index (χ4n) is 1.58. The highest BCUT2D eigenvalue weighted by molar-refractivity contribution is 5.04. The summed E-state index contributed by atoms with van der Waals surface area (Å²) in [5, 5.41) is 3.35. The molecule has 0 radical (unpaired) electrons. The standard InChI is InChI=1S/C15H21N3O2/c1-15(2,3)17-10-13-11-20-14(18-13)19-9-7-12-6-4-5-8-16-12/h4-6,8,11,17H,7,9-10H2,1-3H3. The maximum absolute atomic E-state index is 5.48. The first kappa shape index (κ1) is 14.5. The first-order valence-electron chi connectivity index (χ1n) is 6.75. The largest absolute Gasteiger partial charge is 0.450 e. The second-order valence-electron chi connectivity index (χ2n) is 5.63. The lowest BCUT2D eigenvalue weighted by atomic mass is 10.1. The summed E-state index contributed by atoms with van der Waals surface area (Å²) in [7, 11) is 0. The maximum atomic E-state index is 5.48. The van der Waals surface area contributed by atoms with E-state index in [0.717, 1.165) is 17.8 Å². The number of oxazole rings is 1. The molecular formula is C15H21N3O2. The molecule has 5 heteroatoms. The summed E-state index contributed by atoms with van der Waals surface area (Å²) in [6.45, 7) is 7.49. The molecule has 5 nitrogen and oxygen atoms in total. The highest BCUT2D eigenvalue weighted by atomic mass is 16.6. The number of nitrogens with one attached hydrogen (secondary N) is 1. The zero-order chi connectivity index (χ0) is 14.4. The number of rotatable bonds is 6. The minimum Gasteiger partial charge on any atom is -0.450 e. The Kier molecular flexibility index (Phi) is 4.74. The van der Waals surface area contributed by atoms with Gasteiger partial charge in [0.1, 0.15) is 6.26 Å². The van der Waals surface area contributed by atoms with E-state index in [1.165, 1.54) is 0 Å². The van der Waals surface area contributed by atoms with E-state index in [-0.39, 0.29) is 5.54 Å². The van der Waals surface area contributed by atoms with E-state index in [4.69, 9.17) is 9.15 Å². The van der Waals surface area contributed by atoms with E-state index in [9.17, 15) is 0 Å². The highest BCUT2D eigenvalue weighted by Crippen LogP contribution is 2.11. The number of hydrogen-bond acceptors (Lipinski definition) is 5. The Balaban J connectivity index is 1.75. The molecule has 0 saturated carbocycles. The van der Waals surface area contributed by atoms with Crippen LogP contribution in [-0.2, 0) is 13.0 Å². The monoisotopic (exact) mass is 275 g/mol. The lowest BCUT2D eigenvalue weighted by molar-refractivity contribution is 0.232. The fourth-order valence-corrected chi connectivity index (χ4v) is 1.58. The average molecular weight is 275 g/mol. The van der Waals surface area contributed by atoms with Crippen molar-refractivity contribution in [2.75, 3.05) is 6.61 Å². The predicted molar refractivity (Wildman–Crippen MR) is 76.5 cm³/mol. The molecule has 0 fully saturated rings. The van der Waals surface area contributed by atoms with Crippen molar-refractivity contribution in [1.82, 2.24) is 15.3 Å². The number of nitrogens with zero attached hydrogens (tertiary/aromatic N) is 2. The quantitative estimate of drug-likeness (QED) is 0.878. The predicted octanol–water partition coefficient (Wildman–Crippen LogP) is 2.58. The van der Waals surface area contributed by atoms with Gasteiger partial charge in [-0.3, -0.25) is 4.98 Å². The van der Waals surface area contributed by atoms with E-state index in [1.54, 1.807) is 12.5 Å². The molecule has 0 spiro atoms. The van der Waals surface area contributed by atoms with Crippen LogP contribution in [0.3, 0.4) is 0 Å². The Morgan fingerprint density at radius 3 is 2.80 bits per heavy atom. The van der Waals surface area contributed by atoms with Crippen molar-refractivity contribution in [1.29, 1.82) is 0 Å². The zero-order valence-corrected chi connectivity index (χ0v) is 12.2. The number of ether oxygens (including phenoxy) is 1. The molecule has 0 saturated heterocycles. The molecule has 0 aliphatic rings. The molecule has 2 aromatic rings. The SMILES string of the molecule is CC(C)(C)NCc1coc(OCCc2ccccn2)n1. The molecule has 0 aliphatic heterocycles. The van der Waals surface area contributed by atoms with Crippen LogP contribution in [0.4, 0.5) is 0 Å². The van der Waals surface area contributed by atoms with E-state index >= 15 is 0 Å². The van der Waals surface area contributed by atoms with Crippen LogP contribution in [0.2, 0.25) is 0 Å². The third-order valence-electron chi connectivity index (χ3n) is 2.64. The van der Waals surface area contributed by atoms with Crippen LogP contribution in [0.25, 0.3) is 0 Å². The van der Waals surface area contributed by atoms with Crippen molar-refractivity contribution < 1.29 is 9.15 Å². The third-order valence-corrected chi connectivity index (χ3v) is 2.64. The first-order chi connectivity index (χ1) is 9.53. The molecule has 0 aromatic carbocycles. The zero-order valence-electron chi connectivity index (χ0n) is 12.2. The molecule has 0 unspecified atom stereocenters. The van der Waals surface area contributed by atoms with Gasteiger partial charge in [0, 0.05) is 30.4 Å². The van der Waals surface area contributed by atoms with E-state index < -0.39 is 0 Å². The van der Waals surface area contributed by atoms with Gasteiger partial charge in [0.15, 0.2) is 0 Å². The van der Waals surface area contributed by atoms with Crippen LogP contribution in [0.5, 0.6) is 6.08 Å². The van der Waals surface area contributed by atoms with Gasteiger partial charge in [-0.15, -0.1) is 0 Å². The lowest BCUT2D eigenvalue weighted by Gasteiger charge is -2.19. The van der Waals surface area contributed by atoms with Gasteiger partial charge in [-0.2, -0.15) is 4.98 Å². The summed E-state index contributed by atoms with van der Waals surface area (Å²) in [5.74, 6) is 0. The molecule has 2 aromatic heterocycles. The van der Waals surface area contributed by atoms with Gasteiger partial charge in [0.2, 0.25) is 0 Å². The topological polar surface area (TPSA) is 60.2 Å². The van der Waals surface area contributed by atoms with Crippen molar-refractivity contribution in [3.63, 3.8) is 0 Å². The minimum atomic E-state index is 0.0545. The number of hydrogen-bond donors (Lipinski definition) is 1. The van der Waals surface area contributed by atoms with Crippen LogP contribution in [0.1, 0.15) is 32.2 Å². The Labute approximate surface area is 119 Å². The van der Waals surface area contributed by atoms with Crippen molar-refractivity contribution in [3.8, 4) is 6.08 Å². The summed E-state index contributed by atoms with van der Waals surface area (Å²) >= 11 is 0. The van der Waals surface area contributed by atoms with Gasteiger partial charge in [0.05, 0.1) is 12.3 Å². The maximum Gasteiger partial charge on any atom is 0.393 e. The number of aromatic nitrogens is 2. The van der Waals surface area contributed by atoms with Gasteiger partial charge in [-0.25, -0.2) is 0 Å². The Bertz CT molecular complexity index is 517. The molecule has 0 amide bonds. The van der Waals surface area contributed by atoms with Crippen LogP contribution < -0.4 is 10.1 Å². The smallest absolute Gasteiger partial charge is 0.393 e. The summed E-state index contributed by atoms with van der Waals surface area (Å²) in [6, 6.07) is 5.83. The van der Waals surface area contributed by atoms with Gasteiger partial charge in [-0.05, 0) is 32.9 Å². The lowest BCUT2D eigenvalue weighted by Crippen LogP contribution is -2.35. The van der Waals surface area contributed by atoms with E-state index in [0.29, 0.717) is 19.2 Å². The second-order valence-corrected chi connectivity index (χ2v) is 5.63. The van der Waals surface area contributed by atoms with Crippen LogP contribution in [0.15, 0.2) is 35.1 Å². The molecule has 0 atom stereocenters. The van der Waals surface area contributed by atoms with Gasteiger partial charge in [0.25, 0.3) is 0 Å². The Morgan fingerprint density at radius 1 is 1.25 bits per heavy atom. The molecule has 2 rings (SSSR count). The van der Waals surface area contributed by atoms with Crippen molar-refractivity contribution in [2.45, 2.75) is 39.3 Å². The molecule has 20 heavy (non-hydrogen) atoms.